The van der Waals surface area contributed by atoms with Crippen molar-refractivity contribution in [1.29, 1.82) is 0 Å². The average molecular weight is 389 g/mol. The van der Waals surface area contributed by atoms with E-state index in [9.17, 15) is 14.0 Å². The summed E-state index contributed by atoms with van der Waals surface area (Å²) in [5, 5.41) is 5.43. The van der Waals surface area contributed by atoms with Crippen LogP contribution >= 0.6 is 15.9 Å². The number of carbonyl (C=O) groups is 2. The SMILES string of the molecule is CCOC(=O)NC(CNC(=O)c1cc(F)ccc1Br)CC(C)C. The monoisotopic (exact) mass is 388 g/mol. The lowest BCUT2D eigenvalue weighted by Gasteiger charge is -2.21. The Kier molecular flexibility index (Phi) is 8.02. The van der Waals surface area contributed by atoms with E-state index in [1.165, 1.54) is 12.1 Å². The summed E-state index contributed by atoms with van der Waals surface area (Å²) in [5.41, 5.74) is 0.212. The highest BCUT2D eigenvalue weighted by Gasteiger charge is 2.17. The molecular formula is C16H22BrFN2O3. The van der Waals surface area contributed by atoms with Gasteiger partial charge in [0, 0.05) is 17.1 Å². The van der Waals surface area contributed by atoms with Gasteiger partial charge in [0.25, 0.3) is 5.91 Å². The quantitative estimate of drug-likeness (QED) is 0.751. The van der Waals surface area contributed by atoms with Crippen LogP contribution in [0.3, 0.4) is 0 Å². The fourth-order valence-corrected chi connectivity index (χ4v) is 2.51. The summed E-state index contributed by atoms with van der Waals surface area (Å²) in [6.07, 6.45) is 0.169. The lowest BCUT2D eigenvalue weighted by atomic mass is 10.0. The number of ether oxygens (including phenoxy) is 1. The summed E-state index contributed by atoms with van der Waals surface area (Å²) in [6.45, 7) is 6.28. The standard InChI is InChI=1S/C16H22BrFN2O3/c1-4-23-16(22)20-12(7-10(2)3)9-19-15(21)13-8-11(18)5-6-14(13)17/h5-6,8,10,12H,4,7,9H2,1-3H3,(H,19,21)(H,20,22). The first-order valence-corrected chi connectivity index (χ1v) is 8.29. The van der Waals surface area contributed by atoms with E-state index in [0.717, 1.165) is 6.07 Å². The number of nitrogens with one attached hydrogen (secondary N) is 2. The van der Waals surface area contributed by atoms with Crippen molar-refractivity contribution in [2.45, 2.75) is 33.2 Å². The molecule has 1 aromatic carbocycles. The van der Waals surface area contributed by atoms with E-state index in [2.05, 4.69) is 26.6 Å². The van der Waals surface area contributed by atoms with Crippen molar-refractivity contribution in [3.63, 3.8) is 0 Å². The van der Waals surface area contributed by atoms with Crippen LogP contribution in [0.25, 0.3) is 0 Å². The van der Waals surface area contributed by atoms with Crippen LogP contribution in [0, 0.1) is 11.7 Å². The second-order valence-corrected chi connectivity index (χ2v) is 6.38. The molecular weight excluding hydrogens is 367 g/mol. The van der Waals surface area contributed by atoms with Gasteiger partial charge >= 0.3 is 6.09 Å². The predicted molar refractivity (Wildman–Crippen MR) is 89.8 cm³/mol. The molecule has 0 aliphatic heterocycles. The van der Waals surface area contributed by atoms with Gasteiger partial charge in [-0.05, 0) is 53.4 Å². The second-order valence-electron chi connectivity index (χ2n) is 5.53. The fraction of sp³-hybridized carbons (Fsp3) is 0.500. The molecule has 1 aromatic rings. The van der Waals surface area contributed by atoms with Crippen LogP contribution in [0.2, 0.25) is 0 Å². The van der Waals surface area contributed by atoms with Crippen molar-refractivity contribution in [1.82, 2.24) is 10.6 Å². The Balaban J connectivity index is 2.67. The Morgan fingerprint density at radius 2 is 2.04 bits per heavy atom. The second kappa shape index (κ2) is 9.50. The first kappa shape index (κ1) is 19.4. The highest BCUT2D eigenvalue weighted by atomic mass is 79.9. The molecule has 0 fully saturated rings. The van der Waals surface area contributed by atoms with Crippen molar-refractivity contribution >= 4 is 27.9 Å². The molecule has 128 valence electrons. The van der Waals surface area contributed by atoms with E-state index in [0.29, 0.717) is 16.8 Å². The number of hydrogen-bond acceptors (Lipinski definition) is 3. The Bertz CT molecular complexity index is 552. The fourth-order valence-electron chi connectivity index (χ4n) is 2.08. The molecule has 0 aliphatic carbocycles. The average Bonchev–Trinajstić information content (AvgIpc) is 2.46. The molecule has 1 atom stereocenters. The summed E-state index contributed by atoms with van der Waals surface area (Å²) in [4.78, 5) is 23.7. The summed E-state index contributed by atoms with van der Waals surface area (Å²) in [6, 6.07) is 3.65. The van der Waals surface area contributed by atoms with Gasteiger partial charge in [0.1, 0.15) is 5.82 Å². The van der Waals surface area contributed by atoms with E-state index in [1.54, 1.807) is 6.92 Å². The summed E-state index contributed by atoms with van der Waals surface area (Å²) in [5.74, 6) is -0.558. The molecule has 2 amide bonds. The molecule has 0 saturated carbocycles. The van der Waals surface area contributed by atoms with Crippen molar-refractivity contribution in [2.24, 2.45) is 5.92 Å². The van der Waals surface area contributed by atoms with Gasteiger partial charge in [-0.1, -0.05) is 13.8 Å². The highest BCUT2D eigenvalue weighted by Crippen LogP contribution is 2.17. The van der Waals surface area contributed by atoms with Crippen LogP contribution in [0.5, 0.6) is 0 Å². The third-order valence-electron chi connectivity index (χ3n) is 3.04. The van der Waals surface area contributed by atoms with Crippen molar-refractivity contribution in [3.05, 3.63) is 34.1 Å². The van der Waals surface area contributed by atoms with Crippen LogP contribution in [-0.4, -0.2) is 31.2 Å². The molecule has 1 unspecified atom stereocenters. The zero-order chi connectivity index (χ0) is 17.4. The minimum Gasteiger partial charge on any atom is -0.450 e. The number of carbonyl (C=O) groups excluding carboxylic acids is 2. The zero-order valence-electron chi connectivity index (χ0n) is 13.5. The van der Waals surface area contributed by atoms with Crippen LogP contribution in [-0.2, 0) is 4.74 Å². The molecule has 0 saturated heterocycles. The molecule has 2 N–H and O–H groups in total. The first-order valence-electron chi connectivity index (χ1n) is 7.50. The van der Waals surface area contributed by atoms with Gasteiger partial charge in [0.15, 0.2) is 0 Å². The third kappa shape index (κ3) is 6.99. The zero-order valence-corrected chi connectivity index (χ0v) is 15.1. The van der Waals surface area contributed by atoms with Crippen molar-refractivity contribution in [2.75, 3.05) is 13.2 Å². The summed E-state index contributed by atoms with van der Waals surface area (Å²) in [7, 11) is 0. The number of hydrogen-bond donors (Lipinski definition) is 2. The van der Waals surface area contributed by atoms with Crippen LogP contribution < -0.4 is 10.6 Å². The molecule has 1 rings (SSSR count). The van der Waals surface area contributed by atoms with E-state index in [4.69, 9.17) is 4.74 Å². The Hall–Kier alpha value is -1.63. The van der Waals surface area contributed by atoms with E-state index in [-0.39, 0.29) is 24.8 Å². The van der Waals surface area contributed by atoms with Gasteiger partial charge in [-0.15, -0.1) is 0 Å². The Labute approximate surface area is 144 Å². The maximum absolute atomic E-state index is 13.3. The number of benzene rings is 1. The number of halogens is 2. The molecule has 23 heavy (non-hydrogen) atoms. The minimum absolute atomic E-state index is 0.212. The predicted octanol–water partition coefficient (Wildman–Crippen LogP) is 3.48. The third-order valence-corrected chi connectivity index (χ3v) is 3.73. The van der Waals surface area contributed by atoms with Crippen LogP contribution in [0.1, 0.15) is 37.6 Å². The Morgan fingerprint density at radius 3 is 2.65 bits per heavy atom. The lowest BCUT2D eigenvalue weighted by Crippen LogP contribution is -2.44. The van der Waals surface area contributed by atoms with E-state index in [1.807, 2.05) is 13.8 Å². The Morgan fingerprint density at radius 1 is 1.35 bits per heavy atom. The van der Waals surface area contributed by atoms with Gasteiger partial charge in [0.2, 0.25) is 0 Å². The molecule has 0 aliphatic rings. The normalized spacial score (nSPS) is 11.9. The molecule has 0 spiro atoms. The van der Waals surface area contributed by atoms with E-state index < -0.39 is 17.8 Å². The number of alkyl carbamates (subject to hydrolysis) is 1. The molecule has 0 aromatic heterocycles. The molecule has 0 radical (unpaired) electrons. The smallest absolute Gasteiger partial charge is 0.407 e. The van der Waals surface area contributed by atoms with Gasteiger partial charge < -0.3 is 15.4 Å². The maximum atomic E-state index is 13.3. The highest BCUT2D eigenvalue weighted by molar-refractivity contribution is 9.10. The number of rotatable bonds is 7. The summed E-state index contributed by atoms with van der Waals surface area (Å²) >= 11 is 3.22. The largest absolute Gasteiger partial charge is 0.450 e. The van der Waals surface area contributed by atoms with Gasteiger partial charge in [0.05, 0.1) is 12.2 Å². The molecule has 5 nitrogen and oxygen atoms in total. The van der Waals surface area contributed by atoms with Crippen LogP contribution in [0.15, 0.2) is 22.7 Å². The first-order chi connectivity index (χ1) is 10.8. The van der Waals surface area contributed by atoms with Gasteiger partial charge in [-0.25, -0.2) is 9.18 Å². The summed E-state index contributed by atoms with van der Waals surface area (Å²) < 4.78 is 18.6. The van der Waals surface area contributed by atoms with Crippen molar-refractivity contribution < 1.29 is 18.7 Å². The number of amides is 2. The lowest BCUT2D eigenvalue weighted by molar-refractivity contribution is 0.0943. The van der Waals surface area contributed by atoms with Crippen molar-refractivity contribution in [3.8, 4) is 0 Å². The maximum Gasteiger partial charge on any atom is 0.407 e. The van der Waals surface area contributed by atoms with Crippen LogP contribution in [0.4, 0.5) is 9.18 Å². The van der Waals surface area contributed by atoms with E-state index >= 15 is 0 Å². The molecule has 7 heteroatoms. The molecule has 0 bridgehead atoms. The van der Waals surface area contributed by atoms with Gasteiger partial charge in [-0.2, -0.15) is 0 Å². The topological polar surface area (TPSA) is 67.4 Å². The minimum atomic E-state index is -0.515. The molecule has 0 heterocycles. The van der Waals surface area contributed by atoms with Gasteiger partial charge in [-0.3, -0.25) is 4.79 Å².